The van der Waals surface area contributed by atoms with E-state index in [1.165, 1.54) is 4.31 Å². The highest BCUT2D eigenvalue weighted by molar-refractivity contribution is 14.1. The summed E-state index contributed by atoms with van der Waals surface area (Å²) in [5.74, 6) is -0.910. The number of carbonyl (C=O) groups is 1. The van der Waals surface area contributed by atoms with Crippen LogP contribution in [0.5, 0.6) is 0 Å². The quantitative estimate of drug-likeness (QED) is 0.756. The average molecular weight is 423 g/mol. The lowest BCUT2D eigenvalue weighted by molar-refractivity contribution is -0.151. The van der Waals surface area contributed by atoms with Gasteiger partial charge in [0.2, 0.25) is 10.0 Å². The molecule has 5 nitrogen and oxygen atoms in total. The fraction of sp³-hybridized carbons (Fsp3) is 0.500. The fourth-order valence-electron chi connectivity index (χ4n) is 2.66. The molecule has 0 spiro atoms. The molecule has 0 saturated carbocycles. The smallest absolute Gasteiger partial charge is 0.310 e. The molecule has 0 amide bonds. The van der Waals surface area contributed by atoms with Gasteiger partial charge in [-0.3, -0.25) is 4.79 Å². The number of carboxylic acid groups (broad SMARTS) is 1. The summed E-state index contributed by atoms with van der Waals surface area (Å²) in [4.78, 5) is 11.8. The first-order chi connectivity index (χ1) is 9.82. The maximum Gasteiger partial charge on any atom is 0.310 e. The van der Waals surface area contributed by atoms with E-state index >= 15 is 0 Å². The Balaban J connectivity index is 2.32. The number of nitrogens with zero attached hydrogens (tertiary/aromatic N) is 1. The van der Waals surface area contributed by atoms with Crippen molar-refractivity contribution in [3.05, 3.63) is 27.8 Å². The maximum absolute atomic E-state index is 12.7. The third-order valence-corrected chi connectivity index (χ3v) is 6.70. The van der Waals surface area contributed by atoms with Crippen LogP contribution in [0.3, 0.4) is 0 Å². The third kappa shape index (κ3) is 3.24. The van der Waals surface area contributed by atoms with Crippen LogP contribution in [0.4, 0.5) is 0 Å². The van der Waals surface area contributed by atoms with E-state index in [0.29, 0.717) is 25.8 Å². The number of piperidine rings is 1. The molecule has 1 saturated heterocycles. The second-order valence-corrected chi connectivity index (χ2v) is 8.52. The third-order valence-electron chi connectivity index (χ3n) is 4.12. The van der Waals surface area contributed by atoms with Gasteiger partial charge in [-0.25, -0.2) is 8.42 Å². The van der Waals surface area contributed by atoms with Crippen molar-refractivity contribution in [2.75, 3.05) is 13.1 Å². The van der Waals surface area contributed by atoms with E-state index in [2.05, 4.69) is 22.6 Å². The SMILES string of the molecule is CCC1(C(=O)O)CCCN(S(=O)(=O)c2ccc(I)cc2)C1. The molecule has 1 atom stereocenters. The zero-order valence-corrected chi connectivity index (χ0v) is 14.7. The molecule has 0 aliphatic carbocycles. The molecule has 2 rings (SSSR count). The average Bonchev–Trinajstić information content (AvgIpc) is 2.47. The summed E-state index contributed by atoms with van der Waals surface area (Å²) in [7, 11) is -3.63. The molecule has 7 heteroatoms. The van der Waals surface area contributed by atoms with Crippen LogP contribution < -0.4 is 0 Å². The number of hydrogen-bond acceptors (Lipinski definition) is 3. The molecule has 0 aromatic heterocycles. The van der Waals surface area contributed by atoms with E-state index < -0.39 is 21.4 Å². The fourth-order valence-corrected chi connectivity index (χ4v) is 4.59. The molecule has 1 unspecified atom stereocenters. The Labute approximate surface area is 138 Å². The minimum atomic E-state index is -3.63. The van der Waals surface area contributed by atoms with Crippen LogP contribution in [0.25, 0.3) is 0 Å². The van der Waals surface area contributed by atoms with E-state index in [-0.39, 0.29) is 11.4 Å². The number of rotatable bonds is 4. The summed E-state index contributed by atoms with van der Waals surface area (Å²) in [5, 5.41) is 9.46. The molecule has 1 fully saturated rings. The minimum Gasteiger partial charge on any atom is -0.481 e. The molecule has 0 bridgehead atoms. The predicted molar refractivity (Wildman–Crippen MR) is 87.5 cm³/mol. The van der Waals surface area contributed by atoms with Gasteiger partial charge < -0.3 is 5.11 Å². The van der Waals surface area contributed by atoms with Gasteiger partial charge in [0.05, 0.1) is 10.3 Å². The Morgan fingerprint density at radius 3 is 2.52 bits per heavy atom. The summed E-state index contributed by atoms with van der Waals surface area (Å²) in [6.07, 6.45) is 1.53. The van der Waals surface area contributed by atoms with Gasteiger partial charge in [0.15, 0.2) is 0 Å². The van der Waals surface area contributed by atoms with Crippen LogP contribution in [0, 0.1) is 8.99 Å². The van der Waals surface area contributed by atoms with Gasteiger partial charge in [0.25, 0.3) is 0 Å². The van der Waals surface area contributed by atoms with Crippen molar-refractivity contribution in [2.45, 2.75) is 31.1 Å². The highest BCUT2D eigenvalue weighted by Gasteiger charge is 2.44. The summed E-state index contributed by atoms with van der Waals surface area (Å²) < 4.78 is 27.6. The molecule has 0 radical (unpaired) electrons. The second-order valence-electron chi connectivity index (χ2n) is 5.34. The van der Waals surface area contributed by atoms with Crippen LogP contribution in [-0.2, 0) is 14.8 Å². The Kier molecular flexibility index (Phi) is 4.94. The molecule has 1 aliphatic heterocycles. The number of halogens is 1. The number of hydrogen-bond donors (Lipinski definition) is 1. The van der Waals surface area contributed by atoms with Gasteiger partial charge >= 0.3 is 5.97 Å². The number of aliphatic carboxylic acids is 1. The standard InChI is InChI=1S/C14H18INO4S/c1-2-14(13(17)18)8-3-9-16(10-14)21(19,20)12-6-4-11(15)5-7-12/h4-7H,2-3,8-10H2,1H3,(H,17,18). The number of sulfonamides is 1. The largest absolute Gasteiger partial charge is 0.481 e. The first-order valence-electron chi connectivity index (χ1n) is 6.81. The van der Waals surface area contributed by atoms with Gasteiger partial charge in [-0.05, 0) is 66.1 Å². The first-order valence-corrected chi connectivity index (χ1v) is 9.33. The van der Waals surface area contributed by atoms with Gasteiger partial charge in [0, 0.05) is 16.7 Å². The summed E-state index contributed by atoms with van der Waals surface area (Å²) in [6.45, 7) is 2.23. The van der Waals surface area contributed by atoms with Gasteiger partial charge in [-0.15, -0.1) is 0 Å². The Morgan fingerprint density at radius 1 is 1.38 bits per heavy atom. The maximum atomic E-state index is 12.7. The van der Waals surface area contributed by atoms with Crippen molar-refractivity contribution >= 4 is 38.6 Å². The lowest BCUT2D eigenvalue weighted by Gasteiger charge is -2.38. The van der Waals surface area contributed by atoms with Crippen molar-refractivity contribution in [1.29, 1.82) is 0 Å². The monoisotopic (exact) mass is 423 g/mol. The topological polar surface area (TPSA) is 74.7 Å². The lowest BCUT2D eigenvalue weighted by atomic mass is 9.78. The van der Waals surface area contributed by atoms with E-state index in [0.717, 1.165) is 3.57 Å². The van der Waals surface area contributed by atoms with Crippen LogP contribution >= 0.6 is 22.6 Å². The second kappa shape index (κ2) is 6.21. The number of benzene rings is 1. The van der Waals surface area contributed by atoms with E-state index in [4.69, 9.17) is 0 Å². The lowest BCUT2D eigenvalue weighted by Crippen LogP contribution is -2.49. The van der Waals surface area contributed by atoms with Gasteiger partial charge in [-0.2, -0.15) is 4.31 Å². The van der Waals surface area contributed by atoms with Crippen molar-refractivity contribution in [2.24, 2.45) is 5.41 Å². The van der Waals surface area contributed by atoms with E-state index in [1.54, 1.807) is 31.2 Å². The summed E-state index contributed by atoms with van der Waals surface area (Å²) >= 11 is 2.11. The van der Waals surface area contributed by atoms with Crippen molar-refractivity contribution in [3.63, 3.8) is 0 Å². The van der Waals surface area contributed by atoms with Crippen molar-refractivity contribution < 1.29 is 18.3 Å². The van der Waals surface area contributed by atoms with Crippen LogP contribution in [0.1, 0.15) is 26.2 Å². The Morgan fingerprint density at radius 2 is 2.00 bits per heavy atom. The minimum absolute atomic E-state index is 0.0488. The molecular formula is C14H18INO4S. The van der Waals surface area contributed by atoms with Crippen molar-refractivity contribution in [3.8, 4) is 0 Å². The molecule has 1 aliphatic rings. The molecule has 116 valence electrons. The molecule has 21 heavy (non-hydrogen) atoms. The molecule has 1 N–H and O–H groups in total. The summed E-state index contributed by atoms with van der Waals surface area (Å²) in [5.41, 5.74) is -0.964. The normalized spacial score (nSPS) is 23.9. The van der Waals surface area contributed by atoms with E-state index in [1.807, 2.05) is 0 Å². The van der Waals surface area contributed by atoms with Crippen molar-refractivity contribution in [1.82, 2.24) is 4.31 Å². The number of carboxylic acids is 1. The molecule has 1 aromatic rings. The van der Waals surface area contributed by atoms with Gasteiger partial charge in [-0.1, -0.05) is 6.92 Å². The highest BCUT2D eigenvalue weighted by atomic mass is 127. The predicted octanol–water partition coefficient (Wildman–Crippen LogP) is 2.56. The van der Waals surface area contributed by atoms with Crippen LogP contribution in [-0.4, -0.2) is 36.9 Å². The zero-order valence-electron chi connectivity index (χ0n) is 11.8. The molecular weight excluding hydrogens is 405 g/mol. The van der Waals surface area contributed by atoms with E-state index in [9.17, 15) is 18.3 Å². The first kappa shape index (κ1) is 16.7. The Hall–Kier alpha value is -0.670. The summed E-state index contributed by atoms with van der Waals surface area (Å²) in [6, 6.07) is 6.61. The highest BCUT2D eigenvalue weighted by Crippen LogP contribution is 2.36. The molecule has 1 aromatic carbocycles. The zero-order chi connectivity index (χ0) is 15.7. The molecule has 1 heterocycles. The van der Waals surface area contributed by atoms with Crippen LogP contribution in [0.15, 0.2) is 29.2 Å². The van der Waals surface area contributed by atoms with Crippen LogP contribution in [0.2, 0.25) is 0 Å². The van der Waals surface area contributed by atoms with Gasteiger partial charge in [0.1, 0.15) is 0 Å². The Bertz CT molecular complexity index is 629.